The van der Waals surface area contributed by atoms with E-state index in [1.165, 1.54) is 5.56 Å². The highest BCUT2D eigenvalue weighted by Gasteiger charge is 2.38. The van der Waals surface area contributed by atoms with E-state index in [1.807, 2.05) is 0 Å². The van der Waals surface area contributed by atoms with Crippen LogP contribution in [0.4, 0.5) is 0 Å². The zero-order valence-corrected chi connectivity index (χ0v) is 11.4. The summed E-state index contributed by atoms with van der Waals surface area (Å²) in [5, 5.41) is 9.48. The second-order valence-corrected chi connectivity index (χ2v) is 5.55. The van der Waals surface area contributed by atoms with Crippen LogP contribution in [0.1, 0.15) is 30.9 Å². The number of rotatable bonds is 5. The smallest absolute Gasteiger partial charge is 0.122 e. The van der Waals surface area contributed by atoms with Crippen LogP contribution in [0.25, 0.3) is 0 Å². The van der Waals surface area contributed by atoms with E-state index in [9.17, 15) is 5.11 Å². The molecule has 100 valence electrons. The van der Waals surface area contributed by atoms with E-state index >= 15 is 0 Å². The van der Waals surface area contributed by atoms with Gasteiger partial charge in [0.2, 0.25) is 0 Å². The quantitative estimate of drug-likeness (QED) is 0.872. The van der Waals surface area contributed by atoms with Crippen LogP contribution >= 0.6 is 0 Å². The number of hydrogen-bond acceptors (Lipinski definition) is 3. The van der Waals surface area contributed by atoms with Crippen LogP contribution in [-0.4, -0.2) is 32.0 Å². The van der Waals surface area contributed by atoms with E-state index in [0.717, 1.165) is 17.7 Å². The minimum absolute atomic E-state index is 0.105. The lowest BCUT2D eigenvalue weighted by atomic mass is 9.80. The predicted octanol–water partition coefficient (Wildman–Crippen LogP) is 2.37. The van der Waals surface area contributed by atoms with Gasteiger partial charge in [-0.3, -0.25) is 0 Å². The highest BCUT2D eigenvalue weighted by Crippen LogP contribution is 2.35. The summed E-state index contributed by atoms with van der Waals surface area (Å²) in [5.41, 5.74) is 2.32. The first-order valence-electron chi connectivity index (χ1n) is 6.46. The number of hydrogen-bond donors (Lipinski definition) is 1. The molecule has 0 atom stereocenters. The van der Waals surface area contributed by atoms with E-state index in [4.69, 9.17) is 9.47 Å². The molecule has 1 saturated heterocycles. The van der Waals surface area contributed by atoms with E-state index in [1.54, 1.807) is 7.11 Å². The van der Waals surface area contributed by atoms with Crippen molar-refractivity contribution in [2.24, 2.45) is 5.41 Å². The molecule has 2 rings (SSSR count). The molecular weight excluding hydrogens is 228 g/mol. The van der Waals surface area contributed by atoms with Gasteiger partial charge in [-0.1, -0.05) is 26.0 Å². The first kappa shape index (κ1) is 13.4. The lowest BCUT2D eigenvalue weighted by molar-refractivity contribution is -0.136. The summed E-state index contributed by atoms with van der Waals surface area (Å²) in [5.74, 6) is 1.41. The van der Waals surface area contributed by atoms with Gasteiger partial charge < -0.3 is 14.6 Å². The molecule has 1 aliphatic rings. The highest BCUT2D eigenvalue weighted by molar-refractivity contribution is 5.39. The van der Waals surface area contributed by atoms with Crippen molar-refractivity contribution in [1.29, 1.82) is 0 Å². The molecule has 1 aliphatic heterocycles. The number of benzene rings is 1. The fourth-order valence-corrected chi connectivity index (χ4v) is 2.31. The zero-order chi connectivity index (χ0) is 13.2. The summed E-state index contributed by atoms with van der Waals surface area (Å²) in [7, 11) is 1.70. The van der Waals surface area contributed by atoms with Gasteiger partial charge in [-0.05, 0) is 29.5 Å². The Morgan fingerprint density at radius 3 is 2.56 bits per heavy atom. The second kappa shape index (κ2) is 5.29. The molecule has 3 heteroatoms. The van der Waals surface area contributed by atoms with Crippen LogP contribution in [0.15, 0.2) is 18.2 Å². The summed E-state index contributed by atoms with van der Waals surface area (Å²) in [6, 6.07) is 6.36. The van der Waals surface area contributed by atoms with Crippen molar-refractivity contribution in [3.05, 3.63) is 29.3 Å². The third-order valence-corrected chi connectivity index (χ3v) is 3.70. The van der Waals surface area contributed by atoms with Gasteiger partial charge in [0.25, 0.3) is 0 Å². The first-order valence-corrected chi connectivity index (χ1v) is 6.46. The third-order valence-electron chi connectivity index (χ3n) is 3.70. The standard InChI is InChI=1S/C15H22O3/c1-11(2)12-4-5-13(14(6-12)17-3)7-15(8-16)9-18-10-15/h4-6,11,16H,7-10H2,1-3H3. The summed E-state index contributed by atoms with van der Waals surface area (Å²) < 4.78 is 10.7. The van der Waals surface area contributed by atoms with E-state index in [-0.39, 0.29) is 12.0 Å². The molecule has 0 saturated carbocycles. The molecule has 0 bridgehead atoms. The summed E-state index contributed by atoms with van der Waals surface area (Å²) in [4.78, 5) is 0. The molecule has 0 spiro atoms. The van der Waals surface area contributed by atoms with Crippen LogP contribution < -0.4 is 4.74 Å². The fourth-order valence-electron chi connectivity index (χ4n) is 2.31. The Balaban J connectivity index is 2.22. The van der Waals surface area contributed by atoms with Gasteiger partial charge in [-0.15, -0.1) is 0 Å². The average molecular weight is 250 g/mol. The van der Waals surface area contributed by atoms with E-state index < -0.39 is 0 Å². The van der Waals surface area contributed by atoms with Crippen molar-refractivity contribution in [3.63, 3.8) is 0 Å². The topological polar surface area (TPSA) is 38.7 Å². The van der Waals surface area contributed by atoms with Crippen LogP contribution in [0.5, 0.6) is 5.75 Å². The van der Waals surface area contributed by atoms with Crippen molar-refractivity contribution >= 4 is 0 Å². The van der Waals surface area contributed by atoms with Crippen molar-refractivity contribution in [2.45, 2.75) is 26.2 Å². The highest BCUT2D eigenvalue weighted by atomic mass is 16.5. The molecule has 0 aromatic heterocycles. The summed E-state index contributed by atoms with van der Waals surface area (Å²) >= 11 is 0. The van der Waals surface area contributed by atoms with Gasteiger partial charge in [0.1, 0.15) is 5.75 Å². The molecule has 1 aromatic rings. The molecule has 1 N–H and O–H groups in total. The Bertz CT molecular complexity index is 403. The molecule has 0 amide bonds. The molecular formula is C15H22O3. The van der Waals surface area contributed by atoms with Gasteiger partial charge in [-0.2, -0.15) is 0 Å². The molecule has 0 unspecified atom stereocenters. The van der Waals surface area contributed by atoms with Crippen molar-refractivity contribution in [2.75, 3.05) is 26.9 Å². The van der Waals surface area contributed by atoms with Gasteiger partial charge in [0.15, 0.2) is 0 Å². The number of aliphatic hydroxyl groups is 1. The minimum atomic E-state index is -0.105. The summed E-state index contributed by atoms with van der Waals surface area (Å²) in [6.45, 7) is 5.78. The third kappa shape index (κ3) is 2.52. The van der Waals surface area contributed by atoms with Gasteiger partial charge in [0, 0.05) is 5.41 Å². The van der Waals surface area contributed by atoms with Gasteiger partial charge in [-0.25, -0.2) is 0 Å². The van der Waals surface area contributed by atoms with Crippen LogP contribution in [0.2, 0.25) is 0 Å². The molecule has 0 radical (unpaired) electrons. The predicted molar refractivity (Wildman–Crippen MR) is 71.1 cm³/mol. The Kier molecular flexibility index (Phi) is 3.93. The first-order chi connectivity index (χ1) is 8.60. The SMILES string of the molecule is COc1cc(C(C)C)ccc1CC1(CO)COC1. The van der Waals surface area contributed by atoms with E-state index in [2.05, 4.69) is 32.0 Å². The van der Waals surface area contributed by atoms with Gasteiger partial charge >= 0.3 is 0 Å². The Morgan fingerprint density at radius 2 is 2.11 bits per heavy atom. The molecule has 1 aromatic carbocycles. The fraction of sp³-hybridized carbons (Fsp3) is 0.600. The van der Waals surface area contributed by atoms with Crippen molar-refractivity contribution in [3.8, 4) is 5.75 Å². The average Bonchev–Trinajstić information content (AvgIpc) is 2.33. The van der Waals surface area contributed by atoms with Crippen LogP contribution in [0.3, 0.4) is 0 Å². The molecule has 1 heterocycles. The lowest BCUT2D eigenvalue weighted by Crippen LogP contribution is -2.47. The Labute approximate surface area is 109 Å². The molecule has 3 nitrogen and oxygen atoms in total. The number of ether oxygens (including phenoxy) is 2. The number of aliphatic hydroxyl groups excluding tert-OH is 1. The Hall–Kier alpha value is -1.06. The summed E-state index contributed by atoms with van der Waals surface area (Å²) in [6.07, 6.45) is 0.811. The maximum absolute atomic E-state index is 9.48. The molecule has 0 aliphatic carbocycles. The zero-order valence-electron chi connectivity index (χ0n) is 11.4. The van der Waals surface area contributed by atoms with E-state index in [0.29, 0.717) is 19.1 Å². The maximum Gasteiger partial charge on any atom is 0.122 e. The lowest BCUT2D eigenvalue weighted by Gasteiger charge is -2.40. The van der Waals surface area contributed by atoms with Crippen LogP contribution in [-0.2, 0) is 11.2 Å². The number of methoxy groups -OCH3 is 1. The van der Waals surface area contributed by atoms with Gasteiger partial charge in [0.05, 0.1) is 26.9 Å². The molecule has 1 fully saturated rings. The normalized spacial score (nSPS) is 17.6. The monoisotopic (exact) mass is 250 g/mol. The molecule has 18 heavy (non-hydrogen) atoms. The Morgan fingerprint density at radius 1 is 1.39 bits per heavy atom. The minimum Gasteiger partial charge on any atom is -0.496 e. The van der Waals surface area contributed by atoms with Crippen molar-refractivity contribution < 1.29 is 14.6 Å². The maximum atomic E-state index is 9.48. The largest absolute Gasteiger partial charge is 0.496 e. The van der Waals surface area contributed by atoms with Crippen LogP contribution in [0, 0.1) is 5.41 Å². The second-order valence-electron chi connectivity index (χ2n) is 5.55. The van der Waals surface area contributed by atoms with Crippen molar-refractivity contribution in [1.82, 2.24) is 0 Å².